The molecule has 1 rings (SSSR count). The molecule has 1 nitrogen and oxygen atoms in total. The minimum absolute atomic E-state index is 0.104. The normalized spacial score (nSPS) is 12.7. The Morgan fingerprint density at radius 1 is 1.17 bits per heavy atom. The minimum atomic E-state index is -0.411. The van der Waals surface area contributed by atoms with Crippen LogP contribution in [0.25, 0.3) is 0 Å². The van der Waals surface area contributed by atoms with Crippen molar-refractivity contribution < 1.29 is 8.78 Å². The average molecular weight is 320 g/mol. The van der Waals surface area contributed by atoms with Gasteiger partial charge in [0.2, 0.25) is 0 Å². The Labute approximate surface area is 116 Å². The number of nitrogens with one attached hydrogen (secondary N) is 1. The lowest BCUT2D eigenvalue weighted by Gasteiger charge is -2.19. The van der Waals surface area contributed by atoms with Crippen LogP contribution in [-0.4, -0.2) is 6.54 Å². The second-order valence-electron chi connectivity index (χ2n) is 4.44. The fourth-order valence-electron chi connectivity index (χ4n) is 1.90. The standard InChI is InChI=1S/C14H20BrF2N/c1-3-5-6-14(18-7-4-2)10-8-13(17)11(15)9-12(10)16/h8-9,14,18H,3-7H2,1-2H3. The van der Waals surface area contributed by atoms with Crippen LogP contribution >= 0.6 is 15.9 Å². The first-order valence-corrected chi connectivity index (χ1v) is 7.27. The lowest BCUT2D eigenvalue weighted by molar-refractivity contribution is 0.455. The molecule has 0 aromatic heterocycles. The van der Waals surface area contributed by atoms with Crippen molar-refractivity contribution in [2.75, 3.05) is 6.54 Å². The van der Waals surface area contributed by atoms with Crippen LogP contribution < -0.4 is 5.32 Å². The highest BCUT2D eigenvalue weighted by atomic mass is 79.9. The molecule has 4 heteroatoms. The molecule has 1 unspecified atom stereocenters. The summed E-state index contributed by atoms with van der Waals surface area (Å²) < 4.78 is 27.6. The van der Waals surface area contributed by atoms with E-state index in [1.807, 2.05) is 0 Å². The van der Waals surface area contributed by atoms with Gasteiger partial charge in [0, 0.05) is 11.6 Å². The van der Waals surface area contributed by atoms with E-state index in [9.17, 15) is 8.78 Å². The van der Waals surface area contributed by atoms with Crippen molar-refractivity contribution in [3.05, 3.63) is 33.8 Å². The summed E-state index contributed by atoms with van der Waals surface area (Å²) >= 11 is 3.00. The van der Waals surface area contributed by atoms with Crippen molar-refractivity contribution in [3.8, 4) is 0 Å². The molecule has 0 saturated heterocycles. The van der Waals surface area contributed by atoms with Crippen molar-refractivity contribution in [2.24, 2.45) is 0 Å². The van der Waals surface area contributed by atoms with Crippen LogP contribution in [0.5, 0.6) is 0 Å². The number of rotatable bonds is 7. The third kappa shape index (κ3) is 4.32. The van der Waals surface area contributed by atoms with E-state index in [0.717, 1.165) is 32.2 Å². The maximum absolute atomic E-state index is 13.9. The molecule has 0 aliphatic heterocycles. The monoisotopic (exact) mass is 319 g/mol. The molecule has 18 heavy (non-hydrogen) atoms. The largest absolute Gasteiger partial charge is 0.310 e. The zero-order chi connectivity index (χ0) is 13.5. The van der Waals surface area contributed by atoms with Gasteiger partial charge in [0.1, 0.15) is 11.6 Å². The van der Waals surface area contributed by atoms with E-state index in [-0.39, 0.29) is 16.3 Å². The van der Waals surface area contributed by atoms with Crippen LogP contribution in [0.4, 0.5) is 8.78 Å². The van der Waals surface area contributed by atoms with E-state index in [0.29, 0.717) is 5.56 Å². The fourth-order valence-corrected chi connectivity index (χ4v) is 2.21. The van der Waals surface area contributed by atoms with Gasteiger partial charge < -0.3 is 5.32 Å². The van der Waals surface area contributed by atoms with Crippen LogP contribution in [0, 0.1) is 11.6 Å². The Kier molecular flexibility index (Phi) is 6.79. The minimum Gasteiger partial charge on any atom is -0.310 e. The molecule has 1 N–H and O–H groups in total. The van der Waals surface area contributed by atoms with E-state index < -0.39 is 5.82 Å². The van der Waals surface area contributed by atoms with E-state index in [4.69, 9.17) is 0 Å². The maximum atomic E-state index is 13.9. The number of halogens is 3. The second kappa shape index (κ2) is 7.85. The fraction of sp³-hybridized carbons (Fsp3) is 0.571. The Balaban J connectivity index is 2.92. The molecule has 1 aromatic carbocycles. The third-order valence-electron chi connectivity index (χ3n) is 2.90. The van der Waals surface area contributed by atoms with Gasteiger partial charge in [0.15, 0.2) is 0 Å². The summed E-state index contributed by atoms with van der Waals surface area (Å²) in [5, 5.41) is 3.29. The summed E-state index contributed by atoms with van der Waals surface area (Å²) in [6, 6.07) is 2.40. The summed E-state index contributed by atoms with van der Waals surface area (Å²) in [5.41, 5.74) is 0.428. The van der Waals surface area contributed by atoms with Gasteiger partial charge in [-0.2, -0.15) is 0 Å². The number of unbranched alkanes of at least 4 members (excludes halogenated alkanes) is 1. The van der Waals surface area contributed by atoms with Crippen molar-refractivity contribution >= 4 is 15.9 Å². The van der Waals surface area contributed by atoms with Crippen LogP contribution in [-0.2, 0) is 0 Å². The van der Waals surface area contributed by atoms with Gasteiger partial charge in [0.25, 0.3) is 0 Å². The van der Waals surface area contributed by atoms with Gasteiger partial charge in [-0.25, -0.2) is 8.78 Å². The third-order valence-corrected chi connectivity index (χ3v) is 3.51. The Hall–Kier alpha value is -0.480. The first-order chi connectivity index (χ1) is 8.60. The van der Waals surface area contributed by atoms with Crippen LogP contribution in [0.2, 0.25) is 0 Å². The van der Waals surface area contributed by atoms with Crippen molar-refractivity contribution in [1.82, 2.24) is 5.32 Å². The zero-order valence-corrected chi connectivity index (χ0v) is 12.5. The lowest BCUT2D eigenvalue weighted by atomic mass is 10.00. The van der Waals surface area contributed by atoms with Crippen molar-refractivity contribution in [3.63, 3.8) is 0 Å². The van der Waals surface area contributed by atoms with Gasteiger partial charge in [-0.3, -0.25) is 0 Å². The topological polar surface area (TPSA) is 12.0 Å². The van der Waals surface area contributed by atoms with Gasteiger partial charge in [0.05, 0.1) is 4.47 Å². The Morgan fingerprint density at radius 2 is 1.89 bits per heavy atom. The summed E-state index contributed by atoms with van der Waals surface area (Å²) in [7, 11) is 0. The molecule has 1 aromatic rings. The SMILES string of the molecule is CCCCC(NCCC)c1cc(F)c(Br)cc1F. The summed E-state index contributed by atoms with van der Waals surface area (Å²) in [6.45, 7) is 4.96. The molecule has 1 atom stereocenters. The molecular formula is C14H20BrF2N. The first kappa shape index (κ1) is 15.6. The van der Waals surface area contributed by atoms with E-state index in [1.165, 1.54) is 12.1 Å². The van der Waals surface area contributed by atoms with Gasteiger partial charge in [-0.15, -0.1) is 0 Å². The molecule has 102 valence electrons. The molecule has 0 heterocycles. The van der Waals surface area contributed by atoms with Crippen LogP contribution in [0.15, 0.2) is 16.6 Å². The van der Waals surface area contributed by atoms with Crippen molar-refractivity contribution in [2.45, 2.75) is 45.6 Å². The smallest absolute Gasteiger partial charge is 0.137 e. The van der Waals surface area contributed by atoms with Crippen LogP contribution in [0.1, 0.15) is 51.1 Å². The van der Waals surface area contributed by atoms with E-state index >= 15 is 0 Å². The predicted octanol–water partition coefficient (Wildman–Crippen LogP) is 4.96. The van der Waals surface area contributed by atoms with E-state index in [1.54, 1.807) is 0 Å². The number of benzene rings is 1. The summed E-state index contributed by atoms with van der Waals surface area (Å²) in [4.78, 5) is 0. The molecule has 0 aliphatic carbocycles. The predicted molar refractivity (Wildman–Crippen MR) is 74.6 cm³/mol. The molecule has 0 aliphatic rings. The second-order valence-corrected chi connectivity index (χ2v) is 5.29. The van der Waals surface area contributed by atoms with Crippen LogP contribution in [0.3, 0.4) is 0 Å². The quantitative estimate of drug-likeness (QED) is 0.700. The molecule has 0 bridgehead atoms. The Bertz CT molecular complexity index is 374. The van der Waals surface area contributed by atoms with E-state index in [2.05, 4.69) is 35.1 Å². The molecule has 0 saturated carbocycles. The molecule has 0 spiro atoms. The molecule has 0 radical (unpaired) electrons. The highest BCUT2D eigenvalue weighted by Crippen LogP contribution is 2.27. The average Bonchev–Trinajstić information content (AvgIpc) is 2.35. The first-order valence-electron chi connectivity index (χ1n) is 6.48. The molecule has 0 fully saturated rings. The van der Waals surface area contributed by atoms with Gasteiger partial charge >= 0.3 is 0 Å². The number of hydrogen-bond acceptors (Lipinski definition) is 1. The zero-order valence-electron chi connectivity index (χ0n) is 10.9. The molecular weight excluding hydrogens is 300 g/mol. The van der Waals surface area contributed by atoms with Gasteiger partial charge in [-0.1, -0.05) is 26.7 Å². The summed E-state index contributed by atoms with van der Waals surface area (Å²) in [5.74, 6) is -0.765. The van der Waals surface area contributed by atoms with Crippen molar-refractivity contribution in [1.29, 1.82) is 0 Å². The highest BCUT2D eigenvalue weighted by molar-refractivity contribution is 9.10. The Morgan fingerprint density at radius 3 is 2.50 bits per heavy atom. The maximum Gasteiger partial charge on any atom is 0.137 e. The highest BCUT2D eigenvalue weighted by Gasteiger charge is 2.17. The lowest BCUT2D eigenvalue weighted by Crippen LogP contribution is -2.23. The summed E-state index contributed by atoms with van der Waals surface area (Å²) in [6.07, 6.45) is 3.85. The number of hydrogen-bond donors (Lipinski definition) is 1. The molecule has 0 amide bonds. The van der Waals surface area contributed by atoms with Gasteiger partial charge in [-0.05, 0) is 47.4 Å².